The quantitative estimate of drug-likeness (QED) is 0.320. The lowest BCUT2D eigenvalue weighted by Gasteiger charge is -2.32. The summed E-state index contributed by atoms with van der Waals surface area (Å²) in [4.78, 5) is 18.3. The molecule has 7 nitrogen and oxygen atoms in total. The lowest BCUT2D eigenvalue weighted by molar-refractivity contribution is 0.0697. The number of imidazole rings is 1. The average molecular weight is 524 g/mol. The van der Waals surface area contributed by atoms with Crippen LogP contribution in [0.1, 0.15) is 34.6 Å². The van der Waals surface area contributed by atoms with Gasteiger partial charge in [-0.25, -0.2) is 14.2 Å². The van der Waals surface area contributed by atoms with Crippen LogP contribution in [0.15, 0.2) is 60.7 Å². The largest absolute Gasteiger partial charge is 0.490 e. The zero-order valence-electron chi connectivity index (χ0n) is 20.4. The van der Waals surface area contributed by atoms with Gasteiger partial charge in [-0.3, -0.25) is 4.90 Å². The fourth-order valence-electron chi connectivity index (χ4n) is 4.55. The van der Waals surface area contributed by atoms with Crippen molar-refractivity contribution in [1.82, 2.24) is 14.5 Å². The summed E-state index contributed by atoms with van der Waals surface area (Å²) in [6.07, 6.45) is 1.85. The molecule has 0 atom stereocenters. The van der Waals surface area contributed by atoms with Crippen molar-refractivity contribution >= 4 is 28.6 Å². The number of aromatic nitrogens is 2. The first-order valence-electron chi connectivity index (χ1n) is 12.1. The van der Waals surface area contributed by atoms with Crippen molar-refractivity contribution in [1.29, 1.82) is 0 Å². The molecule has 4 aromatic rings. The molecule has 0 amide bonds. The van der Waals surface area contributed by atoms with Gasteiger partial charge in [0, 0.05) is 25.2 Å². The lowest BCUT2D eigenvalue weighted by atomic mass is 10.1. The lowest BCUT2D eigenvalue weighted by Crippen LogP contribution is -2.38. The fraction of sp³-hybridized carbons (Fsp3) is 0.286. The summed E-state index contributed by atoms with van der Waals surface area (Å²) >= 11 is 5.80. The molecular formula is C28H27ClFN3O4. The van der Waals surface area contributed by atoms with E-state index in [9.17, 15) is 14.3 Å². The smallest absolute Gasteiger partial charge is 0.335 e. The summed E-state index contributed by atoms with van der Waals surface area (Å²) in [6.45, 7) is 2.65. The number of likely N-dealkylation sites (tertiary alicyclic amines) is 1. The summed E-state index contributed by atoms with van der Waals surface area (Å²) < 4.78 is 27.8. The van der Waals surface area contributed by atoms with Gasteiger partial charge in [-0.15, -0.1) is 0 Å². The van der Waals surface area contributed by atoms with Crippen LogP contribution in [0.5, 0.6) is 11.5 Å². The third-order valence-corrected chi connectivity index (χ3v) is 6.84. The van der Waals surface area contributed by atoms with E-state index in [0.717, 1.165) is 54.1 Å². The van der Waals surface area contributed by atoms with Gasteiger partial charge in [-0.1, -0.05) is 23.7 Å². The Hall–Kier alpha value is -3.62. The van der Waals surface area contributed by atoms with Crippen molar-refractivity contribution in [3.05, 3.63) is 88.5 Å². The highest BCUT2D eigenvalue weighted by Crippen LogP contribution is 2.25. The van der Waals surface area contributed by atoms with Crippen LogP contribution in [-0.4, -0.2) is 44.7 Å². The SMILES string of the molecule is Cn1c(CN2CCC(Oc3cccc(COc4ccc(Cl)cc4F)c3)CC2)nc2ccc(C(=O)O)cc21. The minimum atomic E-state index is -0.944. The van der Waals surface area contributed by atoms with Crippen molar-refractivity contribution in [3.63, 3.8) is 0 Å². The van der Waals surface area contributed by atoms with Gasteiger partial charge in [0.15, 0.2) is 11.6 Å². The highest BCUT2D eigenvalue weighted by atomic mass is 35.5. The Bertz CT molecular complexity index is 1430. The maximum atomic E-state index is 14.0. The molecule has 37 heavy (non-hydrogen) atoms. The highest BCUT2D eigenvalue weighted by Gasteiger charge is 2.22. The number of nitrogens with zero attached hydrogens (tertiary/aromatic N) is 3. The molecule has 0 bridgehead atoms. The first kappa shape index (κ1) is 25.0. The number of carboxylic acid groups (broad SMARTS) is 1. The Balaban J connectivity index is 1.15. The molecule has 0 aliphatic carbocycles. The monoisotopic (exact) mass is 523 g/mol. The van der Waals surface area contributed by atoms with Gasteiger partial charge in [0.1, 0.15) is 24.3 Å². The number of hydrogen-bond donors (Lipinski definition) is 1. The van der Waals surface area contributed by atoms with E-state index in [4.69, 9.17) is 26.1 Å². The van der Waals surface area contributed by atoms with Crippen molar-refractivity contribution in [2.45, 2.75) is 32.1 Å². The summed E-state index contributed by atoms with van der Waals surface area (Å²) in [5, 5.41) is 9.60. The number of aryl methyl sites for hydroxylation is 1. The van der Waals surface area contributed by atoms with Gasteiger partial charge in [0.25, 0.3) is 0 Å². The van der Waals surface area contributed by atoms with Gasteiger partial charge in [0.2, 0.25) is 0 Å². The predicted molar refractivity (Wildman–Crippen MR) is 139 cm³/mol. The molecule has 2 heterocycles. The number of carbonyl (C=O) groups is 1. The van der Waals surface area contributed by atoms with Crippen LogP contribution in [0.3, 0.4) is 0 Å². The molecule has 1 aliphatic rings. The molecular weight excluding hydrogens is 497 g/mol. The summed E-state index contributed by atoms with van der Waals surface area (Å²) in [7, 11) is 1.92. The van der Waals surface area contributed by atoms with Crippen LogP contribution >= 0.6 is 11.6 Å². The summed E-state index contributed by atoms with van der Waals surface area (Å²) in [5.74, 6) is 0.393. The molecule has 0 saturated carbocycles. The van der Waals surface area contributed by atoms with Crippen LogP contribution in [0.2, 0.25) is 5.02 Å². The average Bonchev–Trinajstić information content (AvgIpc) is 3.19. The van der Waals surface area contributed by atoms with Crippen LogP contribution in [0, 0.1) is 5.82 Å². The standard InChI is InChI=1S/C28H27ClFN3O4/c1-32-25-14-19(28(34)35)5-7-24(25)31-27(32)16-33-11-9-21(10-12-33)37-22-4-2-3-18(13-22)17-36-26-8-6-20(29)15-23(26)30/h2-8,13-15,21H,9-12,16-17H2,1H3,(H,34,35). The molecule has 0 unspecified atom stereocenters. The minimum absolute atomic E-state index is 0.0969. The predicted octanol–water partition coefficient (Wildman–Crippen LogP) is 5.69. The van der Waals surface area contributed by atoms with E-state index < -0.39 is 11.8 Å². The van der Waals surface area contributed by atoms with E-state index in [0.29, 0.717) is 11.6 Å². The second kappa shape index (κ2) is 10.8. The first-order valence-corrected chi connectivity index (χ1v) is 12.5. The van der Waals surface area contributed by atoms with E-state index in [1.165, 1.54) is 12.1 Å². The number of piperidine rings is 1. The van der Waals surface area contributed by atoms with Crippen molar-refractivity contribution in [3.8, 4) is 11.5 Å². The van der Waals surface area contributed by atoms with Crippen molar-refractivity contribution < 1.29 is 23.8 Å². The summed E-state index contributed by atoms with van der Waals surface area (Å²) in [6, 6.07) is 17.0. The Morgan fingerprint density at radius 3 is 2.70 bits per heavy atom. The van der Waals surface area contributed by atoms with Gasteiger partial charge in [-0.05, 0) is 66.9 Å². The molecule has 0 spiro atoms. The number of ether oxygens (including phenoxy) is 2. The molecule has 0 radical (unpaired) electrons. The summed E-state index contributed by atoms with van der Waals surface area (Å²) in [5.41, 5.74) is 2.75. The normalized spacial score (nSPS) is 14.7. The van der Waals surface area contributed by atoms with Crippen molar-refractivity contribution in [2.75, 3.05) is 13.1 Å². The number of fused-ring (bicyclic) bond motifs is 1. The molecule has 3 aromatic carbocycles. The third-order valence-electron chi connectivity index (χ3n) is 6.61. The molecule has 1 fully saturated rings. The Morgan fingerprint density at radius 1 is 1.14 bits per heavy atom. The molecule has 1 N–H and O–H groups in total. The zero-order chi connectivity index (χ0) is 25.9. The zero-order valence-corrected chi connectivity index (χ0v) is 21.1. The van der Waals surface area contributed by atoms with Crippen LogP contribution in [0.4, 0.5) is 4.39 Å². The number of aromatic carboxylic acids is 1. The highest BCUT2D eigenvalue weighted by molar-refractivity contribution is 6.30. The number of carboxylic acids is 1. The molecule has 1 saturated heterocycles. The van der Waals surface area contributed by atoms with E-state index in [2.05, 4.69) is 4.90 Å². The van der Waals surface area contributed by atoms with E-state index in [-0.39, 0.29) is 24.0 Å². The van der Waals surface area contributed by atoms with Gasteiger partial charge in [-0.2, -0.15) is 0 Å². The maximum absolute atomic E-state index is 14.0. The van der Waals surface area contributed by atoms with Crippen LogP contribution < -0.4 is 9.47 Å². The fourth-order valence-corrected chi connectivity index (χ4v) is 4.71. The van der Waals surface area contributed by atoms with E-state index in [1.807, 2.05) is 35.9 Å². The number of hydrogen-bond acceptors (Lipinski definition) is 5. The third kappa shape index (κ3) is 5.87. The second-order valence-corrected chi connectivity index (χ2v) is 9.64. The van der Waals surface area contributed by atoms with Crippen LogP contribution in [0.25, 0.3) is 11.0 Å². The molecule has 1 aromatic heterocycles. The molecule has 192 valence electrons. The number of halogens is 2. The van der Waals surface area contributed by atoms with Crippen LogP contribution in [-0.2, 0) is 20.2 Å². The Labute approximate surface area is 219 Å². The molecule has 1 aliphatic heterocycles. The maximum Gasteiger partial charge on any atom is 0.335 e. The van der Waals surface area contributed by atoms with E-state index >= 15 is 0 Å². The van der Waals surface area contributed by atoms with Crippen molar-refractivity contribution in [2.24, 2.45) is 7.05 Å². The number of rotatable bonds is 8. The Morgan fingerprint density at radius 2 is 1.95 bits per heavy atom. The van der Waals surface area contributed by atoms with Gasteiger partial charge >= 0.3 is 5.97 Å². The molecule has 9 heteroatoms. The van der Waals surface area contributed by atoms with E-state index in [1.54, 1.807) is 24.3 Å². The Kier molecular flexibility index (Phi) is 7.30. The topological polar surface area (TPSA) is 76.8 Å². The van der Waals surface area contributed by atoms with Gasteiger partial charge < -0.3 is 19.1 Å². The minimum Gasteiger partial charge on any atom is -0.490 e. The second-order valence-electron chi connectivity index (χ2n) is 9.20. The number of benzene rings is 3. The molecule has 5 rings (SSSR count). The van der Waals surface area contributed by atoms with Gasteiger partial charge in [0.05, 0.1) is 23.1 Å². The first-order chi connectivity index (χ1) is 17.9.